The fourth-order valence-electron chi connectivity index (χ4n) is 1.39. The van der Waals surface area contributed by atoms with Crippen molar-refractivity contribution in [2.24, 2.45) is 0 Å². The molecule has 0 bridgehead atoms. The molecule has 0 fully saturated rings. The number of aromatic nitrogens is 1. The molecule has 0 spiro atoms. The minimum atomic E-state index is -0.391. The van der Waals surface area contributed by atoms with Crippen LogP contribution in [0.15, 0.2) is 48.7 Å². The number of hydrogen-bond donors (Lipinski definition) is 1. The first-order chi connectivity index (χ1) is 9.15. The second kappa shape index (κ2) is 6.11. The van der Waals surface area contributed by atoms with Crippen molar-refractivity contribution in [3.8, 4) is 0 Å². The van der Waals surface area contributed by atoms with Gasteiger partial charge < -0.3 is 5.32 Å². The van der Waals surface area contributed by atoms with Gasteiger partial charge >= 0.3 is 0 Å². The Balaban J connectivity index is 2.02. The third-order valence-electron chi connectivity index (χ3n) is 2.30. The number of amides is 1. The molecule has 0 atom stereocenters. The molecule has 0 aliphatic rings. The highest BCUT2D eigenvalue weighted by Crippen LogP contribution is 2.10. The van der Waals surface area contributed by atoms with E-state index in [0.717, 1.165) is 0 Å². The van der Waals surface area contributed by atoms with Crippen LogP contribution in [0, 0.1) is 5.82 Å². The monoisotopic (exact) mass is 276 g/mol. The van der Waals surface area contributed by atoms with E-state index in [-0.39, 0.29) is 5.82 Å². The summed E-state index contributed by atoms with van der Waals surface area (Å²) in [6, 6.07) is 9.39. The van der Waals surface area contributed by atoms with Crippen LogP contribution in [-0.2, 0) is 4.79 Å². The molecule has 19 heavy (non-hydrogen) atoms. The smallest absolute Gasteiger partial charge is 0.249 e. The first kappa shape index (κ1) is 13.2. The molecule has 0 unspecified atom stereocenters. The van der Waals surface area contributed by atoms with Gasteiger partial charge in [-0.1, -0.05) is 29.8 Å². The van der Waals surface area contributed by atoms with Gasteiger partial charge in [0.1, 0.15) is 11.6 Å². The van der Waals surface area contributed by atoms with Gasteiger partial charge in [0.25, 0.3) is 0 Å². The molecule has 0 aliphatic heterocycles. The van der Waals surface area contributed by atoms with E-state index in [1.807, 2.05) is 0 Å². The van der Waals surface area contributed by atoms with Crippen LogP contribution in [0.2, 0.25) is 5.02 Å². The minimum absolute atomic E-state index is 0.349. The van der Waals surface area contributed by atoms with Crippen molar-refractivity contribution in [3.05, 3.63) is 65.1 Å². The van der Waals surface area contributed by atoms with Crippen molar-refractivity contribution < 1.29 is 9.18 Å². The number of nitrogens with zero attached hydrogens (tertiary/aromatic N) is 1. The lowest BCUT2D eigenvalue weighted by Crippen LogP contribution is -2.08. The van der Waals surface area contributed by atoms with E-state index in [1.54, 1.807) is 30.3 Å². The minimum Gasteiger partial charge on any atom is -0.307 e. The first-order valence-corrected chi connectivity index (χ1v) is 5.88. The third-order valence-corrected chi connectivity index (χ3v) is 2.52. The van der Waals surface area contributed by atoms with E-state index in [0.29, 0.717) is 16.4 Å². The topological polar surface area (TPSA) is 42.0 Å². The van der Waals surface area contributed by atoms with Gasteiger partial charge in [0.05, 0.1) is 5.02 Å². The SMILES string of the molecule is O=C(C=Cc1ccccc1F)Nc1ccc(Cl)cn1. The highest BCUT2D eigenvalue weighted by molar-refractivity contribution is 6.30. The van der Waals surface area contributed by atoms with Crippen LogP contribution in [0.25, 0.3) is 6.08 Å². The summed E-state index contributed by atoms with van der Waals surface area (Å²) in [5.41, 5.74) is 0.349. The van der Waals surface area contributed by atoms with E-state index < -0.39 is 5.91 Å². The normalized spacial score (nSPS) is 10.6. The maximum absolute atomic E-state index is 13.3. The lowest BCUT2D eigenvalue weighted by molar-refractivity contribution is -0.111. The Morgan fingerprint density at radius 3 is 2.74 bits per heavy atom. The molecule has 1 heterocycles. The predicted molar refractivity (Wildman–Crippen MR) is 73.3 cm³/mol. The lowest BCUT2D eigenvalue weighted by atomic mass is 10.2. The average Bonchev–Trinajstić information content (AvgIpc) is 2.40. The summed E-state index contributed by atoms with van der Waals surface area (Å²) in [6.45, 7) is 0. The van der Waals surface area contributed by atoms with Crippen molar-refractivity contribution in [2.75, 3.05) is 5.32 Å². The molecule has 96 valence electrons. The van der Waals surface area contributed by atoms with Crippen LogP contribution < -0.4 is 5.32 Å². The Kier molecular flexibility index (Phi) is 4.26. The Bertz CT molecular complexity index is 611. The summed E-state index contributed by atoms with van der Waals surface area (Å²) < 4.78 is 13.3. The number of hydrogen-bond acceptors (Lipinski definition) is 2. The highest BCUT2D eigenvalue weighted by Gasteiger charge is 2.00. The zero-order valence-electron chi connectivity index (χ0n) is 9.81. The van der Waals surface area contributed by atoms with Crippen LogP contribution in [0.5, 0.6) is 0 Å². The summed E-state index contributed by atoms with van der Waals surface area (Å²) in [7, 11) is 0. The molecule has 5 heteroatoms. The molecule has 0 radical (unpaired) electrons. The number of halogens is 2. The third kappa shape index (κ3) is 3.89. The molecular formula is C14H10ClFN2O. The molecule has 1 aromatic carbocycles. The molecule has 0 aliphatic carbocycles. The Hall–Kier alpha value is -2.20. The van der Waals surface area contributed by atoms with Crippen molar-refractivity contribution in [3.63, 3.8) is 0 Å². The molecule has 2 rings (SSSR count). The molecule has 3 nitrogen and oxygen atoms in total. The summed E-state index contributed by atoms with van der Waals surface area (Å²) >= 11 is 5.68. The number of benzene rings is 1. The summed E-state index contributed by atoms with van der Waals surface area (Å²) in [5.74, 6) is -0.387. The van der Waals surface area contributed by atoms with Crippen molar-refractivity contribution >= 4 is 29.4 Å². The number of carbonyl (C=O) groups excluding carboxylic acids is 1. The van der Waals surface area contributed by atoms with Gasteiger partial charge in [0, 0.05) is 17.8 Å². The largest absolute Gasteiger partial charge is 0.307 e. The summed E-state index contributed by atoms with van der Waals surface area (Å²) in [6.07, 6.45) is 4.08. The zero-order valence-corrected chi connectivity index (χ0v) is 10.6. The fourth-order valence-corrected chi connectivity index (χ4v) is 1.51. The van der Waals surface area contributed by atoms with Gasteiger partial charge in [-0.25, -0.2) is 9.37 Å². The van der Waals surface area contributed by atoms with E-state index in [1.165, 1.54) is 24.4 Å². The lowest BCUT2D eigenvalue weighted by Gasteiger charge is -2.00. The number of anilines is 1. The predicted octanol–water partition coefficient (Wildman–Crippen LogP) is 3.53. The first-order valence-electron chi connectivity index (χ1n) is 5.50. The van der Waals surface area contributed by atoms with Crippen molar-refractivity contribution in [1.82, 2.24) is 4.98 Å². The number of rotatable bonds is 3. The summed E-state index contributed by atoms with van der Waals surface area (Å²) in [4.78, 5) is 15.5. The van der Waals surface area contributed by atoms with Gasteiger partial charge in [-0.15, -0.1) is 0 Å². The van der Waals surface area contributed by atoms with E-state index in [4.69, 9.17) is 11.6 Å². The maximum Gasteiger partial charge on any atom is 0.249 e. The molecule has 1 aromatic heterocycles. The number of pyridine rings is 1. The van der Waals surface area contributed by atoms with Gasteiger partial charge in [-0.05, 0) is 24.3 Å². The molecular weight excluding hydrogens is 267 g/mol. The fraction of sp³-hybridized carbons (Fsp3) is 0. The average molecular weight is 277 g/mol. The van der Waals surface area contributed by atoms with Gasteiger partial charge in [0.15, 0.2) is 0 Å². The Labute approximate surface area is 114 Å². The van der Waals surface area contributed by atoms with Gasteiger partial charge in [-0.3, -0.25) is 4.79 Å². The quantitative estimate of drug-likeness (QED) is 0.872. The van der Waals surface area contributed by atoms with Gasteiger partial charge in [-0.2, -0.15) is 0 Å². The van der Waals surface area contributed by atoms with Gasteiger partial charge in [0.2, 0.25) is 5.91 Å². The van der Waals surface area contributed by atoms with E-state index >= 15 is 0 Å². The van der Waals surface area contributed by atoms with Crippen LogP contribution in [0.1, 0.15) is 5.56 Å². The Morgan fingerprint density at radius 1 is 1.26 bits per heavy atom. The Morgan fingerprint density at radius 2 is 2.05 bits per heavy atom. The standard InChI is InChI=1S/C14H10ClFN2O/c15-11-6-7-13(17-9-11)18-14(19)8-5-10-3-1-2-4-12(10)16/h1-9H,(H,17,18,19). The molecule has 1 N–H and O–H groups in total. The van der Waals surface area contributed by atoms with Crippen LogP contribution in [-0.4, -0.2) is 10.9 Å². The number of carbonyl (C=O) groups is 1. The van der Waals surface area contributed by atoms with Crippen LogP contribution in [0.3, 0.4) is 0 Å². The second-order valence-corrected chi connectivity index (χ2v) is 4.14. The molecule has 1 amide bonds. The zero-order chi connectivity index (χ0) is 13.7. The van der Waals surface area contributed by atoms with Crippen molar-refractivity contribution in [1.29, 1.82) is 0 Å². The molecule has 0 saturated carbocycles. The molecule has 2 aromatic rings. The van der Waals surface area contributed by atoms with Crippen molar-refractivity contribution in [2.45, 2.75) is 0 Å². The van der Waals surface area contributed by atoms with E-state index in [9.17, 15) is 9.18 Å². The number of nitrogens with one attached hydrogen (secondary N) is 1. The summed E-state index contributed by atoms with van der Waals surface area (Å²) in [5, 5.41) is 3.03. The van der Waals surface area contributed by atoms with Crippen LogP contribution >= 0.6 is 11.6 Å². The van der Waals surface area contributed by atoms with E-state index in [2.05, 4.69) is 10.3 Å². The highest BCUT2D eigenvalue weighted by atomic mass is 35.5. The van der Waals surface area contributed by atoms with Crippen LogP contribution in [0.4, 0.5) is 10.2 Å². The second-order valence-electron chi connectivity index (χ2n) is 3.71. The maximum atomic E-state index is 13.3. The molecule has 0 saturated heterocycles.